The van der Waals surface area contributed by atoms with Crippen molar-refractivity contribution < 1.29 is 14.3 Å². The fourth-order valence-electron chi connectivity index (χ4n) is 2.76. The predicted octanol–water partition coefficient (Wildman–Crippen LogP) is 2.21. The molecule has 0 aliphatic carbocycles. The standard InChI is InChI=1S/C17H21N3O3S/c1-2-3-5-16(21)19-8-4-9-20(19)17(24)18-11-13-6-7-14-15(10-13)23-12-22-14/h2,6-7,10H,1,3-5,8-9,11-12H2,(H,18,24). The lowest BCUT2D eigenvalue weighted by Gasteiger charge is -2.30. The minimum absolute atomic E-state index is 0.0830. The van der Waals surface area contributed by atoms with Crippen LogP contribution < -0.4 is 14.8 Å². The van der Waals surface area contributed by atoms with E-state index in [1.807, 2.05) is 23.2 Å². The van der Waals surface area contributed by atoms with Gasteiger partial charge in [0.15, 0.2) is 16.6 Å². The van der Waals surface area contributed by atoms with Gasteiger partial charge in [0, 0.05) is 26.1 Å². The van der Waals surface area contributed by atoms with E-state index in [1.165, 1.54) is 0 Å². The lowest BCUT2D eigenvalue weighted by Crippen LogP contribution is -2.48. The van der Waals surface area contributed by atoms with Gasteiger partial charge in [-0.3, -0.25) is 14.8 Å². The molecule has 1 saturated heterocycles. The van der Waals surface area contributed by atoms with Crippen LogP contribution in [0.25, 0.3) is 0 Å². The van der Waals surface area contributed by atoms with Gasteiger partial charge in [0.1, 0.15) is 0 Å². The molecule has 6 nitrogen and oxygen atoms in total. The van der Waals surface area contributed by atoms with Crippen molar-refractivity contribution in [2.24, 2.45) is 0 Å². The van der Waals surface area contributed by atoms with Crippen LogP contribution in [-0.2, 0) is 11.3 Å². The summed E-state index contributed by atoms with van der Waals surface area (Å²) in [7, 11) is 0. The predicted molar refractivity (Wildman–Crippen MR) is 94.5 cm³/mol. The summed E-state index contributed by atoms with van der Waals surface area (Å²) in [5, 5.41) is 7.38. The van der Waals surface area contributed by atoms with Gasteiger partial charge in [-0.25, -0.2) is 0 Å². The van der Waals surface area contributed by atoms with Crippen LogP contribution in [0.15, 0.2) is 30.9 Å². The molecule has 0 bridgehead atoms. The molecule has 0 aromatic heterocycles. The minimum atomic E-state index is 0.0830. The highest BCUT2D eigenvalue weighted by molar-refractivity contribution is 7.80. The van der Waals surface area contributed by atoms with E-state index in [0.29, 0.717) is 31.0 Å². The molecular formula is C17H21N3O3S. The maximum atomic E-state index is 12.2. The average molecular weight is 347 g/mol. The molecule has 24 heavy (non-hydrogen) atoms. The van der Waals surface area contributed by atoms with Gasteiger partial charge in [-0.2, -0.15) is 0 Å². The molecule has 1 fully saturated rings. The van der Waals surface area contributed by atoms with Crippen molar-refractivity contribution >= 4 is 23.2 Å². The SMILES string of the molecule is C=CCCC(=O)N1CCCN1C(=S)NCc1ccc2c(c1)OCO2. The molecule has 0 spiro atoms. The summed E-state index contributed by atoms with van der Waals surface area (Å²) >= 11 is 5.47. The van der Waals surface area contributed by atoms with Crippen molar-refractivity contribution in [2.45, 2.75) is 25.8 Å². The summed E-state index contributed by atoms with van der Waals surface area (Å²) in [6.07, 6.45) is 3.82. The Bertz CT molecular complexity index is 650. The molecule has 0 unspecified atom stereocenters. The van der Waals surface area contributed by atoms with E-state index in [4.69, 9.17) is 21.7 Å². The number of nitrogens with one attached hydrogen (secondary N) is 1. The number of hydrazine groups is 1. The van der Waals surface area contributed by atoms with Gasteiger partial charge < -0.3 is 14.8 Å². The fourth-order valence-corrected chi connectivity index (χ4v) is 3.02. The Morgan fingerprint density at radius 1 is 1.29 bits per heavy atom. The number of rotatable bonds is 5. The molecular weight excluding hydrogens is 326 g/mol. The molecule has 1 aromatic rings. The molecule has 0 atom stereocenters. The maximum Gasteiger partial charge on any atom is 0.241 e. The van der Waals surface area contributed by atoms with Gasteiger partial charge in [0.05, 0.1) is 0 Å². The first-order chi connectivity index (χ1) is 11.7. The Labute approximate surface area is 147 Å². The molecule has 0 radical (unpaired) electrons. The summed E-state index contributed by atoms with van der Waals surface area (Å²) < 4.78 is 10.7. The smallest absolute Gasteiger partial charge is 0.241 e. The van der Waals surface area contributed by atoms with Crippen LogP contribution >= 0.6 is 12.2 Å². The van der Waals surface area contributed by atoms with Gasteiger partial charge in [0.2, 0.25) is 12.7 Å². The molecule has 2 aliphatic rings. The molecule has 1 N–H and O–H groups in total. The third kappa shape index (κ3) is 3.62. The van der Waals surface area contributed by atoms with E-state index in [-0.39, 0.29) is 12.7 Å². The molecule has 7 heteroatoms. The van der Waals surface area contributed by atoms with Crippen LogP contribution in [0.3, 0.4) is 0 Å². The van der Waals surface area contributed by atoms with Gasteiger partial charge in [-0.05, 0) is 42.8 Å². The van der Waals surface area contributed by atoms with Crippen molar-refractivity contribution in [3.63, 3.8) is 0 Å². The number of hydrogen-bond donors (Lipinski definition) is 1. The third-order valence-electron chi connectivity index (χ3n) is 4.00. The number of allylic oxidation sites excluding steroid dienone is 1. The van der Waals surface area contributed by atoms with Crippen LogP contribution in [0.4, 0.5) is 0 Å². The van der Waals surface area contributed by atoms with Crippen LogP contribution in [0, 0.1) is 0 Å². The number of benzene rings is 1. The third-order valence-corrected chi connectivity index (χ3v) is 4.35. The van der Waals surface area contributed by atoms with Crippen molar-refractivity contribution in [3.8, 4) is 11.5 Å². The van der Waals surface area contributed by atoms with E-state index in [1.54, 1.807) is 11.1 Å². The Morgan fingerprint density at radius 2 is 2.08 bits per heavy atom. The molecule has 128 valence electrons. The second kappa shape index (κ2) is 7.53. The maximum absolute atomic E-state index is 12.2. The van der Waals surface area contributed by atoms with E-state index >= 15 is 0 Å². The number of fused-ring (bicyclic) bond motifs is 1. The van der Waals surface area contributed by atoms with Crippen LogP contribution in [0.2, 0.25) is 0 Å². The first-order valence-corrected chi connectivity index (χ1v) is 8.45. The number of thiocarbonyl (C=S) groups is 1. The second-order valence-electron chi connectivity index (χ2n) is 5.67. The normalized spacial score (nSPS) is 15.5. The minimum Gasteiger partial charge on any atom is -0.454 e. The molecule has 2 heterocycles. The number of ether oxygens (including phenoxy) is 2. The number of carbonyl (C=O) groups is 1. The van der Waals surface area contributed by atoms with E-state index in [2.05, 4.69) is 11.9 Å². The quantitative estimate of drug-likeness (QED) is 0.651. The van der Waals surface area contributed by atoms with Crippen LogP contribution in [0.5, 0.6) is 11.5 Å². The van der Waals surface area contributed by atoms with E-state index in [9.17, 15) is 4.79 Å². The Kier molecular flexibility index (Phi) is 5.20. The van der Waals surface area contributed by atoms with Crippen molar-refractivity contribution in [2.75, 3.05) is 19.9 Å². The zero-order valence-electron chi connectivity index (χ0n) is 13.5. The molecule has 0 saturated carbocycles. The van der Waals surface area contributed by atoms with Gasteiger partial charge in [0.25, 0.3) is 0 Å². The zero-order chi connectivity index (χ0) is 16.9. The lowest BCUT2D eigenvalue weighted by molar-refractivity contribution is -0.138. The second-order valence-corrected chi connectivity index (χ2v) is 6.05. The van der Waals surface area contributed by atoms with E-state index in [0.717, 1.165) is 30.0 Å². The Hall–Kier alpha value is -2.28. The fraction of sp³-hybridized carbons (Fsp3) is 0.412. The van der Waals surface area contributed by atoms with E-state index < -0.39 is 0 Å². The largest absolute Gasteiger partial charge is 0.454 e. The topological polar surface area (TPSA) is 54.0 Å². The van der Waals surface area contributed by atoms with Crippen molar-refractivity contribution in [1.82, 2.24) is 15.3 Å². The number of nitrogens with zero attached hydrogens (tertiary/aromatic N) is 2. The van der Waals surface area contributed by atoms with Gasteiger partial charge >= 0.3 is 0 Å². The Balaban J connectivity index is 1.56. The molecule has 2 aliphatic heterocycles. The van der Waals surface area contributed by atoms with Crippen molar-refractivity contribution in [3.05, 3.63) is 36.4 Å². The highest BCUT2D eigenvalue weighted by Gasteiger charge is 2.28. The monoisotopic (exact) mass is 347 g/mol. The first kappa shape index (κ1) is 16.6. The number of amides is 1. The molecule has 3 rings (SSSR count). The summed E-state index contributed by atoms with van der Waals surface area (Å²) in [4.78, 5) is 12.2. The Morgan fingerprint density at radius 3 is 2.92 bits per heavy atom. The van der Waals surface area contributed by atoms with Gasteiger partial charge in [-0.1, -0.05) is 12.1 Å². The lowest BCUT2D eigenvalue weighted by atomic mass is 10.2. The summed E-state index contributed by atoms with van der Waals surface area (Å²) in [6.45, 7) is 5.96. The summed E-state index contributed by atoms with van der Waals surface area (Å²) in [5.41, 5.74) is 1.05. The molecule has 1 amide bonds. The van der Waals surface area contributed by atoms with Crippen molar-refractivity contribution in [1.29, 1.82) is 0 Å². The zero-order valence-corrected chi connectivity index (χ0v) is 14.3. The number of carbonyl (C=O) groups excluding carboxylic acids is 1. The average Bonchev–Trinajstić information content (AvgIpc) is 3.25. The first-order valence-electron chi connectivity index (χ1n) is 8.04. The summed E-state index contributed by atoms with van der Waals surface area (Å²) in [6, 6.07) is 5.80. The van der Waals surface area contributed by atoms with Crippen LogP contribution in [0.1, 0.15) is 24.8 Å². The summed E-state index contributed by atoms with van der Waals surface area (Å²) in [5.74, 6) is 1.60. The van der Waals surface area contributed by atoms with Crippen LogP contribution in [-0.4, -0.2) is 40.9 Å². The number of hydrogen-bond acceptors (Lipinski definition) is 4. The highest BCUT2D eigenvalue weighted by Crippen LogP contribution is 2.32. The van der Waals surface area contributed by atoms with Gasteiger partial charge in [-0.15, -0.1) is 6.58 Å². The highest BCUT2D eigenvalue weighted by atomic mass is 32.1. The molecule has 1 aromatic carbocycles.